The first-order valence-corrected chi connectivity index (χ1v) is 21.2. The average Bonchev–Trinajstić information content (AvgIpc) is 3.50. The molecule has 3 heterocycles. The molecule has 0 amide bonds. The minimum Gasteiger partial charge on any atom is -0.714 e. The van der Waals surface area contributed by atoms with E-state index < -0.39 is 30.2 Å². The lowest BCUT2D eigenvalue weighted by Gasteiger charge is -2.32. The molecule has 3 aliphatic rings. The third-order valence-electron chi connectivity index (χ3n) is 12.8. The zero-order valence-electron chi connectivity index (χ0n) is 32.3. The van der Waals surface area contributed by atoms with Crippen molar-refractivity contribution >= 4 is 41.3 Å². The number of allylic oxidation sites excluding steroid dienone is 2. The Bertz CT molecular complexity index is 2070. The molecule has 8 nitrogen and oxygen atoms in total. The van der Waals surface area contributed by atoms with E-state index in [2.05, 4.69) is 85.9 Å². The third kappa shape index (κ3) is 5.08. The Morgan fingerprint density at radius 1 is 0.453 bits per heavy atom. The Balaban J connectivity index is 1.41. The van der Waals surface area contributed by atoms with Gasteiger partial charge in [0.15, 0.2) is 11.1 Å². The topological polar surface area (TPSA) is 98.4 Å². The fourth-order valence-electron chi connectivity index (χ4n) is 8.06. The van der Waals surface area contributed by atoms with Gasteiger partial charge in [0, 0.05) is 10.4 Å². The van der Waals surface area contributed by atoms with Crippen LogP contribution in [0.3, 0.4) is 0 Å². The largest absolute Gasteiger partial charge is 0.714 e. The van der Waals surface area contributed by atoms with Crippen LogP contribution >= 0.6 is 0 Å². The molecule has 9 heteroatoms. The molecule has 4 aromatic carbocycles. The Kier molecular flexibility index (Phi) is 8.26. The molecule has 3 aliphatic heterocycles. The molecular formula is C44H48N4O4Si. The summed E-state index contributed by atoms with van der Waals surface area (Å²) in [6.07, 6.45) is 0. The van der Waals surface area contributed by atoms with E-state index in [-0.39, 0.29) is 11.7 Å². The van der Waals surface area contributed by atoms with E-state index in [1.807, 2.05) is 91.8 Å². The molecule has 0 aliphatic carbocycles. The van der Waals surface area contributed by atoms with Crippen LogP contribution in [0.1, 0.15) is 88.8 Å². The molecule has 7 rings (SSSR count). The van der Waals surface area contributed by atoms with Crippen LogP contribution in [0, 0.1) is 10.4 Å². The highest BCUT2D eigenvalue weighted by atomic mass is 28.3. The fourth-order valence-corrected chi connectivity index (χ4v) is 11.9. The maximum Gasteiger partial charge on any atom is 0.316 e. The maximum absolute atomic E-state index is 13.5. The molecule has 0 N–H and O–H groups in total. The highest BCUT2D eigenvalue weighted by Crippen LogP contribution is 2.55. The monoisotopic (exact) mass is 724 g/mol. The first kappa shape index (κ1) is 36.4. The van der Waals surface area contributed by atoms with Gasteiger partial charge >= 0.3 is 11.7 Å². The normalized spacial score (nSPS) is 21.4. The van der Waals surface area contributed by atoms with Gasteiger partial charge in [-0.1, -0.05) is 108 Å². The zero-order chi connectivity index (χ0) is 38.5. The molecule has 0 unspecified atom stereocenters. The molecule has 0 fully saturated rings. The van der Waals surface area contributed by atoms with Gasteiger partial charge in [-0.15, -0.1) is 0 Å². The van der Waals surface area contributed by atoms with Crippen molar-refractivity contribution in [3.63, 3.8) is 0 Å². The van der Waals surface area contributed by atoms with E-state index >= 15 is 0 Å². The Morgan fingerprint density at radius 3 is 1.00 bits per heavy atom. The lowest BCUT2D eigenvalue weighted by molar-refractivity contribution is -0.539. The predicted molar refractivity (Wildman–Crippen MR) is 214 cm³/mol. The van der Waals surface area contributed by atoms with Gasteiger partial charge in [0.1, 0.15) is 19.2 Å². The molecule has 4 aromatic rings. The highest BCUT2D eigenvalue weighted by molar-refractivity contribution is 7.13. The maximum atomic E-state index is 13.5. The average molecular weight is 725 g/mol. The second kappa shape index (κ2) is 12.0. The smallest absolute Gasteiger partial charge is 0.316 e. The van der Waals surface area contributed by atoms with Crippen molar-refractivity contribution in [1.82, 2.24) is 10.1 Å². The summed E-state index contributed by atoms with van der Waals surface area (Å²) in [5.74, 6) is 0.242. The summed E-state index contributed by atoms with van der Waals surface area (Å²) < 4.78 is 1.72. The number of rotatable bonds is 6. The van der Waals surface area contributed by atoms with Gasteiger partial charge < -0.3 is 10.4 Å². The molecule has 53 heavy (non-hydrogen) atoms. The molecule has 2 radical (unpaired) electrons. The Labute approximate surface area is 314 Å². The van der Waals surface area contributed by atoms with Crippen molar-refractivity contribution in [1.29, 1.82) is 0 Å². The summed E-state index contributed by atoms with van der Waals surface area (Å²) in [4.78, 5) is 0. The predicted octanol–water partition coefficient (Wildman–Crippen LogP) is 8.96. The summed E-state index contributed by atoms with van der Waals surface area (Å²) in [6, 6.07) is 36.7. The number of amidine groups is 2. The van der Waals surface area contributed by atoms with Gasteiger partial charge in [0.05, 0.1) is 11.1 Å². The SMILES string of the molecule is CC1(C)N([O])C(c2ccc(C3=C(c4ccccc4)C(c4ccccc4)=C(c4ccc(C5=[N+]([O-])C(C)(C)C(C)(C)N5[O])cc4)[Si]3(C)C)cc2)=[N+]([O-])C1(C)C. The van der Waals surface area contributed by atoms with Crippen molar-refractivity contribution < 1.29 is 19.9 Å². The van der Waals surface area contributed by atoms with E-state index in [9.17, 15) is 20.8 Å². The van der Waals surface area contributed by atoms with Gasteiger partial charge in [-0.05, 0) is 123 Å². The standard InChI is InChI=1S/C44H48N4O4Si/c1-41(2)42(3,4)46(50)39(45(41)49)33-25-21-31(22-26-33)37-35(29-17-13-11-14-18-29)36(30-19-15-12-16-20-30)38(53(37,9)10)32-23-27-34(28-24-32)40-47(51)43(5,6)44(7,8)48(40)52/h11-28H,1-10H3. The van der Waals surface area contributed by atoms with Crippen molar-refractivity contribution in [3.8, 4) is 0 Å². The van der Waals surface area contributed by atoms with Crippen LogP contribution in [0.15, 0.2) is 109 Å². The Hall–Kier alpha value is -4.96. The Morgan fingerprint density at radius 2 is 0.736 bits per heavy atom. The van der Waals surface area contributed by atoms with Crippen LogP contribution in [0.2, 0.25) is 13.1 Å². The van der Waals surface area contributed by atoms with Gasteiger partial charge in [-0.3, -0.25) is 9.48 Å². The summed E-state index contributed by atoms with van der Waals surface area (Å²) in [7, 11) is -2.56. The minimum atomic E-state index is -2.56. The third-order valence-corrected chi connectivity index (χ3v) is 16.4. The second-order valence-corrected chi connectivity index (χ2v) is 21.3. The van der Waals surface area contributed by atoms with E-state index in [1.54, 1.807) is 0 Å². The number of hydrogen-bond acceptors (Lipinski definition) is 4. The van der Waals surface area contributed by atoms with Crippen LogP contribution < -0.4 is 0 Å². The van der Waals surface area contributed by atoms with Crippen LogP contribution in [-0.2, 0) is 10.4 Å². The molecular weight excluding hydrogens is 677 g/mol. The first-order valence-electron chi connectivity index (χ1n) is 18.2. The molecule has 0 bridgehead atoms. The van der Waals surface area contributed by atoms with Crippen LogP contribution in [0.25, 0.3) is 21.5 Å². The van der Waals surface area contributed by atoms with E-state index in [1.165, 1.54) is 10.4 Å². The highest BCUT2D eigenvalue weighted by Gasteiger charge is 2.61. The van der Waals surface area contributed by atoms with Crippen LogP contribution in [0.4, 0.5) is 0 Å². The summed E-state index contributed by atoms with van der Waals surface area (Å²) in [5, 5.41) is 58.3. The quantitative estimate of drug-likeness (QED) is 0.113. The van der Waals surface area contributed by atoms with Gasteiger partial charge in [0.25, 0.3) is 0 Å². The van der Waals surface area contributed by atoms with Crippen molar-refractivity contribution in [2.24, 2.45) is 0 Å². The van der Waals surface area contributed by atoms with E-state index in [4.69, 9.17) is 0 Å². The summed E-state index contributed by atoms with van der Waals surface area (Å²) >= 11 is 0. The molecule has 0 aromatic heterocycles. The molecule has 0 spiro atoms. The zero-order valence-corrected chi connectivity index (χ0v) is 33.3. The van der Waals surface area contributed by atoms with Crippen LogP contribution in [0.5, 0.6) is 0 Å². The number of hydroxylamine groups is 6. The van der Waals surface area contributed by atoms with Gasteiger partial charge in [-0.25, -0.2) is 0 Å². The molecule has 0 saturated heterocycles. The minimum absolute atomic E-state index is 0.121. The van der Waals surface area contributed by atoms with E-state index in [0.717, 1.165) is 53.0 Å². The number of nitrogens with zero attached hydrogens (tertiary/aromatic N) is 4. The number of benzene rings is 4. The molecule has 0 atom stereocenters. The van der Waals surface area contributed by atoms with Crippen LogP contribution in [-0.4, -0.2) is 61.5 Å². The lowest BCUT2D eigenvalue weighted by Crippen LogP contribution is -2.53. The summed E-state index contributed by atoms with van der Waals surface area (Å²) in [5.41, 5.74) is 4.08. The lowest BCUT2D eigenvalue weighted by atomic mass is 9.84. The second-order valence-electron chi connectivity index (χ2n) is 17.1. The fraction of sp³-hybridized carbons (Fsp3) is 0.318. The van der Waals surface area contributed by atoms with Crippen molar-refractivity contribution in [2.45, 2.75) is 90.6 Å². The number of hydrogen-bond donors (Lipinski definition) is 0. The van der Waals surface area contributed by atoms with Crippen molar-refractivity contribution in [2.75, 3.05) is 0 Å². The summed E-state index contributed by atoms with van der Waals surface area (Å²) in [6.45, 7) is 19.2. The first-order chi connectivity index (χ1) is 24.8. The van der Waals surface area contributed by atoms with Gasteiger partial charge in [0.2, 0.25) is 0 Å². The van der Waals surface area contributed by atoms with Gasteiger partial charge in [-0.2, -0.15) is 0 Å². The van der Waals surface area contributed by atoms with E-state index in [0.29, 0.717) is 11.1 Å². The van der Waals surface area contributed by atoms with Crippen molar-refractivity contribution in [3.05, 3.63) is 153 Å². The molecule has 0 saturated carbocycles. The molecule has 272 valence electrons.